The summed E-state index contributed by atoms with van der Waals surface area (Å²) in [5, 5.41) is 13.1. The molecular weight excluding hydrogens is 198 g/mol. The van der Waals surface area contributed by atoms with Gasteiger partial charge in [-0.1, -0.05) is 11.6 Å². The van der Waals surface area contributed by atoms with Gasteiger partial charge in [0.25, 0.3) is 5.91 Å². The van der Waals surface area contributed by atoms with Crippen LogP contribution < -0.4 is 5.32 Å². The van der Waals surface area contributed by atoms with E-state index >= 15 is 0 Å². The molecule has 1 aromatic heterocycles. The predicted octanol–water partition coefficient (Wildman–Crippen LogP) is 1.72. The molecule has 0 aliphatic heterocycles. The van der Waals surface area contributed by atoms with Crippen LogP contribution >= 0.6 is 22.9 Å². The molecule has 0 radical (unpaired) electrons. The fraction of sp³-hybridized carbons (Fsp3) is 0.286. The Bertz CT molecular complexity index is 285. The molecule has 1 heterocycles. The second-order valence-corrected chi connectivity index (χ2v) is 3.79. The maximum Gasteiger partial charge on any atom is 0.252 e. The van der Waals surface area contributed by atoms with Crippen LogP contribution in [-0.4, -0.2) is 17.1 Å². The third-order valence-corrected chi connectivity index (χ3v) is 2.43. The number of anilines is 1. The molecule has 0 saturated carbocycles. The summed E-state index contributed by atoms with van der Waals surface area (Å²) < 4.78 is 0.518. The maximum atomic E-state index is 10.9. The minimum atomic E-state index is -1.01. The van der Waals surface area contributed by atoms with E-state index in [-0.39, 0.29) is 0 Å². The average molecular weight is 206 g/mol. The maximum absolute atomic E-state index is 10.9. The van der Waals surface area contributed by atoms with Gasteiger partial charge in [0.05, 0.1) is 5.69 Å². The standard InChI is InChI=1S/C7H8ClNO2S/c1-4(10)7(11)9-5-2-3-12-6(5)8/h2-4,10H,1H3,(H,9,11). The van der Waals surface area contributed by atoms with Gasteiger partial charge in [0, 0.05) is 0 Å². The molecule has 1 unspecified atom stereocenters. The van der Waals surface area contributed by atoms with Crippen LogP contribution in [0.1, 0.15) is 6.92 Å². The molecule has 0 fully saturated rings. The third-order valence-electron chi connectivity index (χ3n) is 1.26. The van der Waals surface area contributed by atoms with E-state index in [2.05, 4.69) is 5.32 Å². The summed E-state index contributed by atoms with van der Waals surface area (Å²) in [6, 6.07) is 1.69. The second kappa shape index (κ2) is 3.89. The lowest BCUT2D eigenvalue weighted by atomic mass is 10.4. The van der Waals surface area contributed by atoms with Gasteiger partial charge < -0.3 is 10.4 Å². The van der Waals surface area contributed by atoms with Gasteiger partial charge >= 0.3 is 0 Å². The van der Waals surface area contributed by atoms with Crippen LogP contribution in [0, 0.1) is 0 Å². The summed E-state index contributed by atoms with van der Waals surface area (Å²) in [6.45, 7) is 1.40. The second-order valence-electron chi connectivity index (χ2n) is 2.27. The Morgan fingerprint density at radius 1 is 1.83 bits per heavy atom. The highest BCUT2D eigenvalue weighted by molar-refractivity contribution is 7.15. The Morgan fingerprint density at radius 3 is 2.92 bits per heavy atom. The first-order chi connectivity index (χ1) is 5.61. The molecule has 0 saturated heterocycles. The average Bonchev–Trinajstić information content (AvgIpc) is 2.36. The lowest BCUT2D eigenvalue weighted by Crippen LogP contribution is -2.24. The highest BCUT2D eigenvalue weighted by Gasteiger charge is 2.10. The van der Waals surface area contributed by atoms with Crippen LogP contribution in [0.25, 0.3) is 0 Å². The quantitative estimate of drug-likeness (QED) is 0.773. The van der Waals surface area contributed by atoms with E-state index in [1.165, 1.54) is 18.3 Å². The van der Waals surface area contributed by atoms with E-state index < -0.39 is 12.0 Å². The van der Waals surface area contributed by atoms with E-state index in [1.807, 2.05) is 0 Å². The highest BCUT2D eigenvalue weighted by Crippen LogP contribution is 2.27. The number of carbonyl (C=O) groups is 1. The molecular formula is C7H8ClNO2S. The Morgan fingerprint density at radius 2 is 2.50 bits per heavy atom. The first-order valence-corrected chi connectivity index (χ1v) is 4.59. The van der Waals surface area contributed by atoms with Crippen molar-refractivity contribution in [1.82, 2.24) is 0 Å². The van der Waals surface area contributed by atoms with E-state index in [9.17, 15) is 4.79 Å². The van der Waals surface area contributed by atoms with Gasteiger partial charge in [0.1, 0.15) is 10.4 Å². The van der Waals surface area contributed by atoms with Crippen molar-refractivity contribution >= 4 is 34.5 Å². The molecule has 1 amide bonds. The zero-order valence-electron chi connectivity index (χ0n) is 6.37. The van der Waals surface area contributed by atoms with Gasteiger partial charge in [-0.05, 0) is 18.4 Å². The monoisotopic (exact) mass is 205 g/mol. The molecule has 66 valence electrons. The van der Waals surface area contributed by atoms with Gasteiger partial charge in [0.15, 0.2) is 0 Å². The number of hydrogen-bond acceptors (Lipinski definition) is 3. The minimum Gasteiger partial charge on any atom is -0.384 e. The number of nitrogens with one attached hydrogen (secondary N) is 1. The molecule has 0 spiro atoms. The minimum absolute atomic E-state index is 0.449. The molecule has 12 heavy (non-hydrogen) atoms. The van der Waals surface area contributed by atoms with Gasteiger partial charge in [-0.3, -0.25) is 4.79 Å². The first-order valence-electron chi connectivity index (χ1n) is 3.33. The normalized spacial score (nSPS) is 12.6. The fourth-order valence-electron chi connectivity index (χ4n) is 0.619. The third kappa shape index (κ3) is 2.20. The largest absolute Gasteiger partial charge is 0.384 e. The Balaban J connectivity index is 2.64. The molecule has 0 bridgehead atoms. The van der Waals surface area contributed by atoms with Crippen molar-refractivity contribution in [1.29, 1.82) is 0 Å². The van der Waals surface area contributed by atoms with Crippen LogP contribution in [0.4, 0.5) is 5.69 Å². The van der Waals surface area contributed by atoms with E-state index in [1.54, 1.807) is 11.4 Å². The molecule has 0 aliphatic rings. The van der Waals surface area contributed by atoms with Crippen molar-refractivity contribution in [2.75, 3.05) is 5.32 Å². The van der Waals surface area contributed by atoms with E-state index in [4.69, 9.17) is 16.7 Å². The van der Waals surface area contributed by atoms with Crippen molar-refractivity contribution in [2.45, 2.75) is 13.0 Å². The van der Waals surface area contributed by atoms with Gasteiger partial charge in [-0.15, -0.1) is 11.3 Å². The zero-order valence-corrected chi connectivity index (χ0v) is 7.95. The van der Waals surface area contributed by atoms with Crippen LogP contribution in [0.2, 0.25) is 4.34 Å². The van der Waals surface area contributed by atoms with Crippen LogP contribution in [0.3, 0.4) is 0 Å². The SMILES string of the molecule is CC(O)C(=O)Nc1ccsc1Cl. The summed E-state index contributed by atoms with van der Waals surface area (Å²) in [5.74, 6) is -0.449. The molecule has 3 nitrogen and oxygen atoms in total. The summed E-state index contributed by atoms with van der Waals surface area (Å²) in [4.78, 5) is 10.9. The lowest BCUT2D eigenvalue weighted by molar-refractivity contribution is -0.123. The Hall–Kier alpha value is -0.580. The number of carbonyl (C=O) groups excluding carboxylic acids is 1. The number of thiophene rings is 1. The molecule has 5 heteroatoms. The molecule has 2 N–H and O–H groups in total. The van der Waals surface area contributed by atoms with Crippen LogP contribution in [-0.2, 0) is 4.79 Å². The molecule has 0 aliphatic carbocycles. The number of amides is 1. The van der Waals surface area contributed by atoms with Crippen LogP contribution in [0.5, 0.6) is 0 Å². The van der Waals surface area contributed by atoms with Crippen molar-refractivity contribution in [3.63, 3.8) is 0 Å². The van der Waals surface area contributed by atoms with Crippen molar-refractivity contribution in [2.24, 2.45) is 0 Å². The van der Waals surface area contributed by atoms with Gasteiger partial charge in [-0.25, -0.2) is 0 Å². The zero-order chi connectivity index (χ0) is 9.14. The highest BCUT2D eigenvalue weighted by atomic mass is 35.5. The number of aliphatic hydroxyl groups is 1. The summed E-state index contributed by atoms with van der Waals surface area (Å²) in [5.41, 5.74) is 0.549. The van der Waals surface area contributed by atoms with Crippen molar-refractivity contribution in [3.8, 4) is 0 Å². The molecule has 1 atom stereocenters. The van der Waals surface area contributed by atoms with E-state index in [0.717, 1.165) is 0 Å². The molecule has 0 aromatic carbocycles. The molecule has 1 aromatic rings. The lowest BCUT2D eigenvalue weighted by Gasteiger charge is -2.04. The topological polar surface area (TPSA) is 49.3 Å². The smallest absolute Gasteiger partial charge is 0.252 e. The van der Waals surface area contributed by atoms with Gasteiger partial charge in [0.2, 0.25) is 0 Å². The fourth-order valence-corrected chi connectivity index (χ4v) is 1.45. The van der Waals surface area contributed by atoms with Crippen LogP contribution in [0.15, 0.2) is 11.4 Å². The number of hydrogen-bond donors (Lipinski definition) is 2. The Labute approximate surface area is 79.0 Å². The predicted molar refractivity (Wildman–Crippen MR) is 49.6 cm³/mol. The number of halogens is 1. The summed E-state index contributed by atoms with van der Waals surface area (Å²) in [7, 11) is 0. The Kier molecular flexibility index (Phi) is 3.08. The first kappa shape index (κ1) is 9.51. The number of aliphatic hydroxyl groups excluding tert-OH is 1. The van der Waals surface area contributed by atoms with Crippen molar-refractivity contribution < 1.29 is 9.90 Å². The van der Waals surface area contributed by atoms with Crippen molar-refractivity contribution in [3.05, 3.63) is 15.8 Å². The number of rotatable bonds is 2. The van der Waals surface area contributed by atoms with Gasteiger partial charge in [-0.2, -0.15) is 0 Å². The van der Waals surface area contributed by atoms with E-state index in [0.29, 0.717) is 10.0 Å². The summed E-state index contributed by atoms with van der Waals surface area (Å²) >= 11 is 7.04. The molecule has 1 rings (SSSR count). The summed E-state index contributed by atoms with van der Waals surface area (Å²) in [6.07, 6.45) is -1.01.